The molecule has 42 heavy (non-hydrogen) atoms. The largest absolute Gasteiger partial charge is 0.394 e. The van der Waals surface area contributed by atoms with Gasteiger partial charge in [0.25, 0.3) is 0 Å². The van der Waals surface area contributed by atoms with E-state index in [9.17, 15) is 15.0 Å². The van der Waals surface area contributed by atoms with E-state index in [0.29, 0.717) is 12.8 Å². The molecule has 0 aromatic carbocycles. The molecule has 0 aliphatic heterocycles. The van der Waals surface area contributed by atoms with E-state index >= 15 is 0 Å². The first-order valence-corrected chi connectivity index (χ1v) is 18.5. The topological polar surface area (TPSA) is 69.6 Å². The summed E-state index contributed by atoms with van der Waals surface area (Å²) in [6.07, 6.45) is 42.3. The highest BCUT2D eigenvalue weighted by Crippen LogP contribution is 2.15. The lowest BCUT2D eigenvalue weighted by Gasteiger charge is -2.22. The molecule has 0 aromatic rings. The summed E-state index contributed by atoms with van der Waals surface area (Å²) < 4.78 is 0. The number of carbonyl (C=O) groups excluding carboxylic acids is 1. The summed E-state index contributed by atoms with van der Waals surface area (Å²) in [5.41, 5.74) is 0. The Kier molecular flexibility index (Phi) is 33.4. The molecule has 0 saturated carbocycles. The molecule has 0 spiro atoms. The zero-order chi connectivity index (χ0) is 30.8. The standard InChI is InChI=1S/C38H73NO3/c1-3-5-7-9-11-13-15-17-18-19-20-22-23-25-27-29-31-33-37(41)36(35-40)39-38(42)34-32-30-28-26-24-21-16-14-12-10-8-6-4-2/h8,10,14,16,36-37,40-41H,3-7,9,11-13,15,17-35H2,1-2H3,(H,39,42)/b10-8-,16-14-. The molecule has 0 saturated heterocycles. The SMILES string of the molecule is CCC/C=C\C/C=C\CCCCCCCC(=O)NC(CO)C(O)CCCCCCCCCCCCCCCCCCC. The average Bonchev–Trinajstić information content (AvgIpc) is 2.99. The van der Waals surface area contributed by atoms with Crippen LogP contribution >= 0.6 is 0 Å². The molecule has 2 unspecified atom stereocenters. The van der Waals surface area contributed by atoms with Gasteiger partial charge in [-0.2, -0.15) is 0 Å². The minimum atomic E-state index is -0.662. The summed E-state index contributed by atoms with van der Waals surface area (Å²) in [6.45, 7) is 4.28. The molecule has 0 fully saturated rings. The molecule has 4 nitrogen and oxygen atoms in total. The van der Waals surface area contributed by atoms with Crippen molar-refractivity contribution in [1.82, 2.24) is 5.32 Å². The third-order valence-corrected chi connectivity index (χ3v) is 8.45. The van der Waals surface area contributed by atoms with Crippen LogP contribution in [0.25, 0.3) is 0 Å². The van der Waals surface area contributed by atoms with Gasteiger partial charge in [0.1, 0.15) is 0 Å². The molecule has 248 valence electrons. The van der Waals surface area contributed by atoms with Gasteiger partial charge in [0.05, 0.1) is 18.8 Å². The van der Waals surface area contributed by atoms with Crippen molar-refractivity contribution in [2.45, 2.75) is 206 Å². The van der Waals surface area contributed by atoms with Crippen molar-refractivity contribution in [2.24, 2.45) is 0 Å². The van der Waals surface area contributed by atoms with Gasteiger partial charge in [-0.1, -0.05) is 173 Å². The molecular formula is C38H73NO3. The van der Waals surface area contributed by atoms with Gasteiger partial charge in [0, 0.05) is 6.42 Å². The van der Waals surface area contributed by atoms with Crippen LogP contribution in [0.4, 0.5) is 0 Å². The van der Waals surface area contributed by atoms with Crippen LogP contribution in [0.5, 0.6) is 0 Å². The van der Waals surface area contributed by atoms with Crippen LogP contribution in [0.1, 0.15) is 194 Å². The summed E-state index contributed by atoms with van der Waals surface area (Å²) in [5.74, 6) is -0.0467. The lowest BCUT2D eigenvalue weighted by atomic mass is 10.0. The van der Waals surface area contributed by atoms with Gasteiger partial charge in [-0.25, -0.2) is 0 Å². The lowest BCUT2D eigenvalue weighted by Crippen LogP contribution is -2.45. The second kappa shape index (κ2) is 34.4. The highest BCUT2D eigenvalue weighted by molar-refractivity contribution is 5.76. The Hall–Kier alpha value is -1.13. The van der Waals surface area contributed by atoms with Crippen LogP contribution in [-0.4, -0.2) is 34.9 Å². The minimum Gasteiger partial charge on any atom is -0.394 e. The van der Waals surface area contributed by atoms with Crippen LogP contribution in [0.3, 0.4) is 0 Å². The highest BCUT2D eigenvalue weighted by atomic mass is 16.3. The smallest absolute Gasteiger partial charge is 0.220 e. The van der Waals surface area contributed by atoms with Crippen LogP contribution in [-0.2, 0) is 4.79 Å². The number of unbranched alkanes of at least 4 members (excludes halogenated alkanes) is 22. The van der Waals surface area contributed by atoms with Gasteiger partial charge in [-0.3, -0.25) is 4.79 Å². The van der Waals surface area contributed by atoms with Gasteiger partial charge in [0.15, 0.2) is 0 Å². The van der Waals surface area contributed by atoms with Crippen molar-refractivity contribution >= 4 is 5.91 Å². The van der Waals surface area contributed by atoms with Crippen molar-refractivity contribution < 1.29 is 15.0 Å². The van der Waals surface area contributed by atoms with Crippen LogP contribution in [0.2, 0.25) is 0 Å². The summed E-state index contributed by atoms with van der Waals surface area (Å²) >= 11 is 0. The van der Waals surface area contributed by atoms with Gasteiger partial charge >= 0.3 is 0 Å². The molecule has 3 N–H and O–H groups in total. The van der Waals surface area contributed by atoms with E-state index in [1.165, 1.54) is 122 Å². The third kappa shape index (κ3) is 30.3. The first kappa shape index (κ1) is 40.9. The predicted octanol–water partition coefficient (Wildman–Crippen LogP) is 10.9. The van der Waals surface area contributed by atoms with Crippen molar-refractivity contribution in [3.8, 4) is 0 Å². The fourth-order valence-electron chi connectivity index (χ4n) is 5.57. The van der Waals surface area contributed by atoms with Gasteiger partial charge < -0.3 is 15.5 Å². The maximum absolute atomic E-state index is 12.3. The number of allylic oxidation sites excluding steroid dienone is 4. The number of hydrogen-bond donors (Lipinski definition) is 3. The molecule has 0 radical (unpaired) electrons. The highest BCUT2D eigenvalue weighted by Gasteiger charge is 2.19. The second-order valence-electron chi connectivity index (χ2n) is 12.6. The van der Waals surface area contributed by atoms with Crippen LogP contribution < -0.4 is 5.32 Å². The number of hydrogen-bond acceptors (Lipinski definition) is 3. The molecule has 0 heterocycles. The van der Waals surface area contributed by atoms with Crippen LogP contribution in [0.15, 0.2) is 24.3 Å². The molecule has 0 aliphatic rings. The maximum Gasteiger partial charge on any atom is 0.220 e. The Labute approximate surface area is 262 Å². The summed E-state index contributed by atoms with van der Waals surface area (Å²) in [6, 6.07) is -0.540. The normalized spacial score (nSPS) is 13.3. The summed E-state index contributed by atoms with van der Waals surface area (Å²) in [7, 11) is 0. The number of aliphatic hydroxyl groups is 2. The molecule has 0 rings (SSSR count). The van der Waals surface area contributed by atoms with E-state index in [1.807, 2.05) is 0 Å². The molecule has 0 bridgehead atoms. The minimum absolute atomic E-state index is 0.0467. The van der Waals surface area contributed by atoms with Gasteiger partial charge in [-0.15, -0.1) is 0 Å². The van der Waals surface area contributed by atoms with Crippen molar-refractivity contribution in [3.63, 3.8) is 0 Å². The van der Waals surface area contributed by atoms with E-state index < -0.39 is 12.1 Å². The number of rotatable bonds is 33. The number of carbonyl (C=O) groups is 1. The molecule has 4 heteroatoms. The second-order valence-corrected chi connectivity index (χ2v) is 12.6. The fraction of sp³-hybridized carbons (Fsp3) is 0.868. The average molecular weight is 592 g/mol. The quantitative estimate of drug-likeness (QED) is 0.0525. The predicted molar refractivity (Wildman–Crippen MR) is 184 cm³/mol. The lowest BCUT2D eigenvalue weighted by molar-refractivity contribution is -0.123. The maximum atomic E-state index is 12.3. The fourth-order valence-corrected chi connectivity index (χ4v) is 5.57. The van der Waals surface area contributed by atoms with Crippen molar-refractivity contribution in [3.05, 3.63) is 24.3 Å². The van der Waals surface area contributed by atoms with Crippen molar-refractivity contribution in [1.29, 1.82) is 0 Å². The first-order chi connectivity index (χ1) is 20.7. The molecule has 0 aromatic heterocycles. The molecule has 1 amide bonds. The monoisotopic (exact) mass is 592 g/mol. The molecular weight excluding hydrogens is 518 g/mol. The molecule has 2 atom stereocenters. The first-order valence-electron chi connectivity index (χ1n) is 18.5. The zero-order valence-electron chi connectivity index (χ0n) is 28.3. The van der Waals surface area contributed by atoms with E-state index in [-0.39, 0.29) is 12.5 Å². The number of aliphatic hydroxyl groups excluding tert-OH is 2. The van der Waals surface area contributed by atoms with E-state index in [0.717, 1.165) is 44.9 Å². The van der Waals surface area contributed by atoms with E-state index in [1.54, 1.807) is 0 Å². The van der Waals surface area contributed by atoms with Gasteiger partial charge in [0.2, 0.25) is 5.91 Å². The zero-order valence-corrected chi connectivity index (χ0v) is 28.3. The van der Waals surface area contributed by atoms with Gasteiger partial charge in [-0.05, 0) is 38.5 Å². The van der Waals surface area contributed by atoms with Crippen LogP contribution in [0, 0.1) is 0 Å². The Morgan fingerprint density at radius 1 is 0.571 bits per heavy atom. The number of nitrogens with one attached hydrogen (secondary N) is 1. The summed E-state index contributed by atoms with van der Waals surface area (Å²) in [4.78, 5) is 12.3. The Bertz CT molecular complexity index is 603. The summed E-state index contributed by atoms with van der Waals surface area (Å²) in [5, 5.41) is 23.0. The Balaban J connectivity index is 3.56. The number of amides is 1. The van der Waals surface area contributed by atoms with E-state index in [4.69, 9.17) is 0 Å². The Morgan fingerprint density at radius 2 is 1.02 bits per heavy atom. The third-order valence-electron chi connectivity index (χ3n) is 8.45. The molecule has 0 aliphatic carbocycles. The Morgan fingerprint density at radius 3 is 1.52 bits per heavy atom. The van der Waals surface area contributed by atoms with Crippen molar-refractivity contribution in [2.75, 3.05) is 6.61 Å². The van der Waals surface area contributed by atoms with E-state index in [2.05, 4.69) is 43.5 Å².